The van der Waals surface area contributed by atoms with E-state index in [2.05, 4.69) is 5.32 Å². The van der Waals surface area contributed by atoms with E-state index in [1.54, 1.807) is 0 Å². The highest BCUT2D eigenvalue weighted by atomic mass is 16.5. The van der Waals surface area contributed by atoms with Crippen LogP contribution in [0.5, 0.6) is 0 Å². The molecule has 2 aliphatic rings. The van der Waals surface area contributed by atoms with Crippen molar-refractivity contribution >= 4 is 11.9 Å². The standard InChI is InChI=1S/C14H23NO4/c16-13(11-5-3-6-12(11)14(17)18)15-8-7-10-4-1-2-9-19-10/h10-12H,1-9H2,(H,15,16)(H,17,18)/t10?,11-,12+/m1/s1. The molecule has 1 aliphatic carbocycles. The minimum Gasteiger partial charge on any atom is -0.481 e. The number of hydrogen-bond acceptors (Lipinski definition) is 3. The third-order valence-electron chi connectivity index (χ3n) is 4.21. The third kappa shape index (κ3) is 3.93. The van der Waals surface area contributed by atoms with Crippen molar-refractivity contribution in [3.8, 4) is 0 Å². The second kappa shape index (κ2) is 6.89. The van der Waals surface area contributed by atoms with Crippen molar-refractivity contribution in [1.82, 2.24) is 5.32 Å². The molecule has 1 heterocycles. The van der Waals surface area contributed by atoms with Crippen LogP contribution in [-0.4, -0.2) is 36.2 Å². The van der Waals surface area contributed by atoms with E-state index in [4.69, 9.17) is 9.84 Å². The van der Waals surface area contributed by atoms with Gasteiger partial charge in [0.25, 0.3) is 0 Å². The number of nitrogens with one attached hydrogen (secondary N) is 1. The second-order valence-electron chi connectivity index (χ2n) is 5.55. The Hall–Kier alpha value is -1.10. The van der Waals surface area contributed by atoms with Crippen LogP contribution in [0.1, 0.15) is 44.9 Å². The summed E-state index contributed by atoms with van der Waals surface area (Å²) < 4.78 is 5.60. The number of ether oxygens (including phenoxy) is 1. The van der Waals surface area contributed by atoms with Crippen LogP contribution >= 0.6 is 0 Å². The van der Waals surface area contributed by atoms with Crippen molar-refractivity contribution in [3.05, 3.63) is 0 Å². The zero-order valence-electron chi connectivity index (χ0n) is 11.3. The Kier molecular flexibility index (Phi) is 5.19. The first kappa shape index (κ1) is 14.3. The van der Waals surface area contributed by atoms with E-state index in [9.17, 15) is 9.59 Å². The average Bonchev–Trinajstić information content (AvgIpc) is 2.89. The molecule has 1 amide bonds. The normalized spacial score (nSPS) is 31.1. The number of rotatable bonds is 5. The molecule has 0 aromatic rings. The summed E-state index contributed by atoms with van der Waals surface area (Å²) in [5.74, 6) is -1.77. The molecule has 2 rings (SSSR count). The van der Waals surface area contributed by atoms with Crippen LogP contribution in [0.15, 0.2) is 0 Å². The summed E-state index contributed by atoms with van der Waals surface area (Å²) in [6.07, 6.45) is 6.64. The first-order valence-corrected chi connectivity index (χ1v) is 7.30. The van der Waals surface area contributed by atoms with Crippen molar-refractivity contribution in [1.29, 1.82) is 0 Å². The van der Waals surface area contributed by atoms with Gasteiger partial charge in [0.1, 0.15) is 0 Å². The fraction of sp³-hybridized carbons (Fsp3) is 0.857. The van der Waals surface area contributed by atoms with E-state index >= 15 is 0 Å². The summed E-state index contributed by atoms with van der Waals surface area (Å²) in [7, 11) is 0. The molecule has 1 saturated carbocycles. The number of carboxylic acid groups (broad SMARTS) is 1. The molecule has 5 nitrogen and oxygen atoms in total. The van der Waals surface area contributed by atoms with Gasteiger partial charge in [-0.05, 0) is 38.5 Å². The van der Waals surface area contributed by atoms with Gasteiger partial charge in [0.05, 0.1) is 17.9 Å². The summed E-state index contributed by atoms with van der Waals surface area (Å²) in [4.78, 5) is 23.0. The minimum atomic E-state index is -0.840. The van der Waals surface area contributed by atoms with Gasteiger partial charge < -0.3 is 15.2 Å². The molecule has 1 saturated heterocycles. The molecule has 2 N–H and O–H groups in total. The Morgan fingerprint density at radius 1 is 1.11 bits per heavy atom. The number of hydrogen-bond donors (Lipinski definition) is 2. The van der Waals surface area contributed by atoms with Crippen LogP contribution in [0, 0.1) is 11.8 Å². The monoisotopic (exact) mass is 269 g/mol. The van der Waals surface area contributed by atoms with E-state index in [-0.39, 0.29) is 17.9 Å². The molecule has 108 valence electrons. The van der Waals surface area contributed by atoms with Crippen molar-refractivity contribution < 1.29 is 19.4 Å². The van der Waals surface area contributed by atoms with Crippen molar-refractivity contribution in [2.24, 2.45) is 11.8 Å². The van der Waals surface area contributed by atoms with Crippen LogP contribution in [0.4, 0.5) is 0 Å². The quantitative estimate of drug-likeness (QED) is 0.794. The number of carbonyl (C=O) groups excluding carboxylic acids is 1. The smallest absolute Gasteiger partial charge is 0.307 e. The van der Waals surface area contributed by atoms with Gasteiger partial charge in [-0.25, -0.2) is 0 Å². The zero-order valence-corrected chi connectivity index (χ0v) is 11.3. The lowest BCUT2D eigenvalue weighted by Crippen LogP contribution is -2.37. The highest BCUT2D eigenvalue weighted by molar-refractivity contribution is 5.85. The van der Waals surface area contributed by atoms with E-state index in [0.717, 1.165) is 32.3 Å². The van der Waals surface area contributed by atoms with Gasteiger partial charge in [-0.2, -0.15) is 0 Å². The SMILES string of the molecule is O=C(O)[C@H]1CCC[C@H]1C(=O)NCCC1CCCCO1. The molecule has 0 bridgehead atoms. The molecule has 5 heteroatoms. The molecule has 1 unspecified atom stereocenters. The molecular formula is C14H23NO4. The molecule has 0 aromatic carbocycles. The van der Waals surface area contributed by atoms with Crippen LogP contribution in [0.3, 0.4) is 0 Å². The number of carboxylic acids is 1. The van der Waals surface area contributed by atoms with Gasteiger partial charge in [0.2, 0.25) is 5.91 Å². The Balaban J connectivity index is 1.70. The Bertz CT molecular complexity index is 325. The lowest BCUT2D eigenvalue weighted by atomic mass is 9.95. The van der Waals surface area contributed by atoms with Crippen LogP contribution in [0.25, 0.3) is 0 Å². The summed E-state index contributed by atoms with van der Waals surface area (Å²) in [6, 6.07) is 0. The van der Waals surface area contributed by atoms with Gasteiger partial charge in [-0.3, -0.25) is 9.59 Å². The number of amides is 1. The van der Waals surface area contributed by atoms with Crippen molar-refractivity contribution in [2.75, 3.05) is 13.2 Å². The predicted molar refractivity (Wildman–Crippen MR) is 69.7 cm³/mol. The molecule has 3 atom stereocenters. The summed E-state index contributed by atoms with van der Waals surface area (Å²) in [6.45, 7) is 1.41. The fourth-order valence-corrected chi connectivity index (χ4v) is 3.09. The first-order chi connectivity index (χ1) is 9.18. The van der Waals surface area contributed by atoms with Gasteiger partial charge in [0, 0.05) is 13.2 Å². The maximum Gasteiger partial charge on any atom is 0.307 e. The Morgan fingerprint density at radius 2 is 1.89 bits per heavy atom. The highest BCUT2D eigenvalue weighted by Gasteiger charge is 2.37. The molecule has 19 heavy (non-hydrogen) atoms. The summed E-state index contributed by atoms with van der Waals surface area (Å²) in [5.41, 5.74) is 0. The number of aliphatic carboxylic acids is 1. The van der Waals surface area contributed by atoms with Crippen LogP contribution < -0.4 is 5.32 Å². The highest BCUT2D eigenvalue weighted by Crippen LogP contribution is 2.32. The largest absolute Gasteiger partial charge is 0.481 e. The summed E-state index contributed by atoms with van der Waals surface area (Å²) >= 11 is 0. The topological polar surface area (TPSA) is 75.6 Å². The number of carbonyl (C=O) groups is 2. The van der Waals surface area contributed by atoms with Gasteiger partial charge in [0.15, 0.2) is 0 Å². The van der Waals surface area contributed by atoms with E-state index < -0.39 is 11.9 Å². The molecule has 0 radical (unpaired) electrons. The maximum atomic E-state index is 12.0. The zero-order chi connectivity index (χ0) is 13.7. The Labute approximate surface area is 113 Å². The first-order valence-electron chi connectivity index (χ1n) is 7.30. The average molecular weight is 269 g/mol. The van der Waals surface area contributed by atoms with Crippen molar-refractivity contribution in [3.63, 3.8) is 0 Å². The maximum absolute atomic E-state index is 12.0. The lowest BCUT2D eigenvalue weighted by molar-refractivity contribution is -0.146. The van der Waals surface area contributed by atoms with Gasteiger partial charge >= 0.3 is 5.97 Å². The van der Waals surface area contributed by atoms with Crippen LogP contribution in [-0.2, 0) is 14.3 Å². The van der Waals surface area contributed by atoms with E-state index in [1.165, 1.54) is 6.42 Å². The second-order valence-corrected chi connectivity index (χ2v) is 5.55. The van der Waals surface area contributed by atoms with Crippen molar-refractivity contribution in [2.45, 2.75) is 51.0 Å². The van der Waals surface area contributed by atoms with E-state index in [0.29, 0.717) is 19.4 Å². The fourth-order valence-electron chi connectivity index (χ4n) is 3.09. The molecule has 0 spiro atoms. The predicted octanol–water partition coefficient (Wildman–Crippen LogP) is 1.56. The molecule has 1 aliphatic heterocycles. The summed E-state index contributed by atoms with van der Waals surface area (Å²) in [5, 5.41) is 11.9. The molecule has 0 aromatic heterocycles. The third-order valence-corrected chi connectivity index (χ3v) is 4.21. The van der Waals surface area contributed by atoms with Gasteiger partial charge in [-0.15, -0.1) is 0 Å². The minimum absolute atomic E-state index is 0.0966. The van der Waals surface area contributed by atoms with E-state index in [1.807, 2.05) is 0 Å². The van der Waals surface area contributed by atoms with Crippen LogP contribution in [0.2, 0.25) is 0 Å². The molecular weight excluding hydrogens is 246 g/mol. The van der Waals surface area contributed by atoms with Gasteiger partial charge in [-0.1, -0.05) is 6.42 Å². The lowest BCUT2D eigenvalue weighted by Gasteiger charge is -2.23. The Morgan fingerprint density at radius 3 is 2.58 bits per heavy atom. The molecule has 2 fully saturated rings.